The largest absolute Gasteiger partial charge is 0.358 e. The van der Waals surface area contributed by atoms with Gasteiger partial charge in [0.05, 0.1) is 0 Å². The number of benzene rings is 1. The molecule has 0 unspecified atom stereocenters. The van der Waals surface area contributed by atoms with Gasteiger partial charge in [-0.3, -0.25) is 4.79 Å². The third kappa shape index (κ3) is 3.42. The lowest BCUT2D eigenvalue weighted by atomic mass is 10.0. The summed E-state index contributed by atoms with van der Waals surface area (Å²) in [6.45, 7) is 9.73. The van der Waals surface area contributed by atoms with E-state index in [1.54, 1.807) is 0 Å². The highest BCUT2D eigenvalue weighted by molar-refractivity contribution is 5.99. The number of aromatic amines is 1. The van der Waals surface area contributed by atoms with Gasteiger partial charge in [0.15, 0.2) is 0 Å². The number of likely N-dealkylation sites (tertiary alicyclic amines) is 1. The summed E-state index contributed by atoms with van der Waals surface area (Å²) < 4.78 is 0. The summed E-state index contributed by atoms with van der Waals surface area (Å²) in [5.74, 6) is 0.0547. The molecular formula is C19H27N3O. The highest BCUT2D eigenvalue weighted by Gasteiger charge is 2.20. The van der Waals surface area contributed by atoms with Crippen molar-refractivity contribution in [2.24, 2.45) is 0 Å². The van der Waals surface area contributed by atoms with Crippen LogP contribution in [0.2, 0.25) is 0 Å². The number of carbonyl (C=O) groups excluding carboxylic acids is 1. The third-order valence-corrected chi connectivity index (χ3v) is 5.03. The number of amides is 1. The molecule has 1 aliphatic rings. The second-order valence-corrected chi connectivity index (χ2v) is 6.72. The van der Waals surface area contributed by atoms with Crippen molar-refractivity contribution in [2.75, 3.05) is 19.6 Å². The van der Waals surface area contributed by atoms with Crippen LogP contribution in [0.5, 0.6) is 0 Å². The molecule has 1 aromatic heterocycles. The van der Waals surface area contributed by atoms with Gasteiger partial charge in [-0.05, 0) is 63.4 Å². The minimum atomic E-state index is 0.0547. The summed E-state index contributed by atoms with van der Waals surface area (Å²) in [7, 11) is 0. The first kappa shape index (κ1) is 16.1. The number of nitrogens with zero attached hydrogens (tertiary/aromatic N) is 1. The van der Waals surface area contributed by atoms with Crippen molar-refractivity contribution < 1.29 is 4.79 Å². The lowest BCUT2D eigenvalue weighted by Crippen LogP contribution is -2.44. The van der Waals surface area contributed by atoms with Crippen molar-refractivity contribution in [2.45, 2.75) is 46.1 Å². The molecule has 124 valence electrons. The minimum Gasteiger partial charge on any atom is -0.358 e. The average molecular weight is 313 g/mol. The summed E-state index contributed by atoms with van der Waals surface area (Å²) >= 11 is 0. The standard InChI is InChI=1S/C19H27N3O/c1-4-9-22-10-7-16(8-11-22)21-19(23)15-5-6-18-17(12-15)13(2)14(3)20-18/h5-6,12,16,20H,4,7-11H2,1-3H3,(H,21,23). The van der Waals surface area contributed by atoms with E-state index in [1.165, 1.54) is 24.2 Å². The predicted octanol–water partition coefficient (Wildman–Crippen LogP) is 3.39. The van der Waals surface area contributed by atoms with E-state index < -0.39 is 0 Å². The van der Waals surface area contributed by atoms with Crippen molar-refractivity contribution in [3.8, 4) is 0 Å². The number of rotatable bonds is 4. The van der Waals surface area contributed by atoms with Gasteiger partial charge in [-0.2, -0.15) is 0 Å². The number of hydrogen-bond donors (Lipinski definition) is 2. The maximum absolute atomic E-state index is 12.5. The van der Waals surface area contributed by atoms with Crippen molar-refractivity contribution in [1.29, 1.82) is 0 Å². The van der Waals surface area contributed by atoms with Crippen LogP contribution in [0.1, 0.15) is 47.8 Å². The first-order valence-electron chi connectivity index (χ1n) is 8.70. The van der Waals surface area contributed by atoms with E-state index in [4.69, 9.17) is 0 Å². The highest BCUT2D eigenvalue weighted by atomic mass is 16.1. The summed E-state index contributed by atoms with van der Waals surface area (Å²) in [6, 6.07) is 6.24. The van der Waals surface area contributed by atoms with Crippen LogP contribution in [0.4, 0.5) is 0 Å². The maximum Gasteiger partial charge on any atom is 0.251 e. The summed E-state index contributed by atoms with van der Waals surface area (Å²) in [6.07, 6.45) is 3.30. The molecule has 0 spiro atoms. The molecule has 0 radical (unpaired) electrons. The van der Waals surface area contributed by atoms with Gasteiger partial charge in [0, 0.05) is 41.3 Å². The number of H-pyrrole nitrogens is 1. The fourth-order valence-corrected chi connectivity index (χ4v) is 3.49. The SMILES string of the molecule is CCCN1CCC(NC(=O)c2ccc3[nH]c(C)c(C)c3c2)CC1. The molecule has 2 N–H and O–H groups in total. The Bertz CT molecular complexity index is 696. The van der Waals surface area contributed by atoms with Crippen molar-refractivity contribution in [3.63, 3.8) is 0 Å². The molecule has 1 saturated heterocycles. The number of aryl methyl sites for hydroxylation is 2. The maximum atomic E-state index is 12.5. The molecule has 0 bridgehead atoms. The highest BCUT2D eigenvalue weighted by Crippen LogP contribution is 2.22. The second-order valence-electron chi connectivity index (χ2n) is 6.72. The van der Waals surface area contributed by atoms with Crippen LogP contribution in [-0.2, 0) is 0 Å². The zero-order valence-electron chi connectivity index (χ0n) is 14.4. The molecule has 2 heterocycles. The summed E-state index contributed by atoms with van der Waals surface area (Å²) in [5, 5.41) is 4.36. The van der Waals surface area contributed by atoms with Crippen LogP contribution < -0.4 is 5.32 Å². The van der Waals surface area contributed by atoms with Gasteiger partial charge in [-0.15, -0.1) is 0 Å². The Morgan fingerprint density at radius 3 is 2.74 bits per heavy atom. The van der Waals surface area contributed by atoms with E-state index >= 15 is 0 Å². The molecule has 2 aromatic rings. The lowest BCUT2D eigenvalue weighted by Gasteiger charge is -2.32. The molecule has 4 heteroatoms. The Morgan fingerprint density at radius 2 is 2.04 bits per heavy atom. The van der Waals surface area contributed by atoms with Gasteiger partial charge in [0.25, 0.3) is 5.91 Å². The Balaban J connectivity index is 1.66. The molecule has 1 aliphatic heterocycles. The van der Waals surface area contributed by atoms with E-state index in [1.807, 2.05) is 18.2 Å². The first-order chi connectivity index (χ1) is 11.1. The van der Waals surface area contributed by atoms with E-state index in [0.29, 0.717) is 6.04 Å². The average Bonchev–Trinajstić information content (AvgIpc) is 2.84. The van der Waals surface area contributed by atoms with Gasteiger partial charge in [0.1, 0.15) is 0 Å². The van der Waals surface area contributed by atoms with Gasteiger partial charge in [-0.25, -0.2) is 0 Å². The fourth-order valence-electron chi connectivity index (χ4n) is 3.49. The molecule has 23 heavy (non-hydrogen) atoms. The Kier molecular flexibility index (Phi) is 4.71. The number of nitrogens with one attached hydrogen (secondary N) is 2. The quantitative estimate of drug-likeness (QED) is 0.909. The van der Waals surface area contributed by atoms with E-state index in [0.717, 1.165) is 42.4 Å². The Hall–Kier alpha value is -1.81. The third-order valence-electron chi connectivity index (χ3n) is 5.03. The molecule has 1 fully saturated rings. The fraction of sp³-hybridized carbons (Fsp3) is 0.526. The molecule has 0 aliphatic carbocycles. The molecule has 0 saturated carbocycles. The predicted molar refractivity (Wildman–Crippen MR) is 95.0 cm³/mol. The normalized spacial score (nSPS) is 16.8. The van der Waals surface area contributed by atoms with Crippen molar-refractivity contribution in [1.82, 2.24) is 15.2 Å². The molecule has 3 rings (SSSR count). The van der Waals surface area contributed by atoms with Gasteiger partial charge >= 0.3 is 0 Å². The molecule has 0 atom stereocenters. The van der Waals surface area contributed by atoms with E-state index in [2.05, 4.69) is 36.0 Å². The Morgan fingerprint density at radius 1 is 1.30 bits per heavy atom. The summed E-state index contributed by atoms with van der Waals surface area (Å²) in [5.41, 5.74) is 4.25. The second kappa shape index (κ2) is 6.75. The van der Waals surface area contributed by atoms with Gasteiger partial charge in [-0.1, -0.05) is 6.92 Å². The topological polar surface area (TPSA) is 48.1 Å². The molecule has 4 nitrogen and oxygen atoms in total. The van der Waals surface area contributed by atoms with Crippen LogP contribution in [-0.4, -0.2) is 41.5 Å². The van der Waals surface area contributed by atoms with Crippen LogP contribution in [0.3, 0.4) is 0 Å². The van der Waals surface area contributed by atoms with Gasteiger partial charge < -0.3 is 15.2 Å². The number of hydrogen-bond acceptors (Lipinski definition) is 2. The van der Waals surface area contributed by atoms with Gasteiger partial charge in [0.2, 0.25) is 0 Å². The van der Waals surface area contributed by atoms with E-state index in [9.17, 15) is 4.79 Å². The monoisotopic (exact) mass is 313 g/mol. The van der Waals surface area contributed by atoms with Crippen molar-refractivity contribution in [3.05, 3.63) is 35.0 Å². The smallest absolute Gasteiger partial charge is 0.251 e. The zero-order chi connectivity index (χ0) is 16.4. The Labute approximate surface area is 138 Å². The number of carbonyl (C=O) groups is 1. The number of aromatic nitrogens is 1. The first-order valence-corrected chi connectivity index (χ1v) is 8.70. The van der Waals surface area contributed by atoms with Crippen LogP contribution in [0.15, 0.2) is 18.2 Å². The number of piperidine rings is 1. The van der Waals surface area contributed by atoms with Crippen LogP contribution in [0.25, 0.3) is 10.9 Å². The number of fused-ring (bicyclic) bond motifs is 1. The molecule has 1 aromatic carbocycles. The zero-order valence-corrected chi connectivity index (χ0v) is 14.4. The van der Waals surface area contributed by atoms with Crippen LogP contribution >= 0.6 is 0 Å². The summed E-state index contributed by atoms with van der Waals surface area (Å²) in [4.78, 5) is 18.4. The van der Waals surface area contributed by atoms with E-state index in [-0.39, 0.29) is 5.91 Å². The lowest BCUT2D eigenvalue weighted by molar-refractivity contribution is 0.0911. The molecule has 1 amide bonds. The van der Waals surface area contributed by atoms with Crippen LogP contribution in [0, 0.1) is 13.8 Å². The molecular weight excluding hydrogens is 286 g/mol. The van der Waals surface area contributed by atoms with Crippen molar-refractivity contribution >= 4 is 16.8 Å². The minimum absolute atomic E-state index is 0.0547.